The van der Waals surface area contributed by atoms with E-state index in [2.05, 4.69) is 77.8 Å². The molecule has 3 N–H and O–H groups in total. The average Bonchev–Trinajstić information content (AvgIpc) is 2.58. The summed E-state index contributed by atoms with van der Waals surface area (Å²) in [6.45, 7) is 13.8. The number of aryl methyl sites for hydroxylation is 1. The summed E-state index contributed by atoms with van der Waals surface area (Å²) in [4.78, 5) is 6.92. The minimum absolute atomic E-state index is 0.156. The van der Waals surface area contributed by atoms with Gasteiger partial charge in [-0.05, 0) is 46.1 Å². The molecule has 0 amide bonds. The first kappa shape index (κ1) is 20.7. The zero-order chi connectivity index (χ0) is 19.0. The monoisotopic (exact) mass is 359 g/mol. The van der Waals surface area contributed by atoms with Gasteiger partial charge in [0.25, 0.3) is 0 Å². The van der Waals surface area contributed by atoms with Crippen LogP contribution in [0.4, 0.5) is 0 Å². The molecule has 1 aliphatic rings. The topological polar surface area (TPSA) is 51.7 Å². The third kappa shape index (κ3) is 7.75. The van der Waals surface area contributed by atoms with E-state index in [1.54, 1.807) is 0 Å². The van der Waals surface area contributed by atoms with Crippen molar-refractivity contribution >= 4 is 5.96 Å². The van der Waals surface area contributed by atoms with Gasteiger partial charge in [-0.2, -0.15) is 0 Å². The van der Waals surface area contributed by atoms with Crippen molar-refractivity contribution in [2.45, 2.75) is 58.7 Å². The van der Waals surface area contributed by atoms with Crippen LogP contribution in [-0.4, -0.2) is 55.7 Å². The second kappa shape index (κ2) is 9.93. The van der Waals surface area contributed by atoms with Crippen molar-refractivity contribution in [1.29, 1.82) is 0 Å². The van der Waals surface area contributed by atoms with Crippen LogP contribution in [0.25, 0.3) is 0 Å². The molecule has 1 saturated heterocycles. The number of guanidine groups is 1. The molecular weight excluding hydrogens is 322 g/mol. The molecule has 0 radical (unpaired) electrons. The summed E-state index contributed by atoms with van der Waals surface area (Å²) in [5, 5.41) is 10.5. The molecule has 0 bridgehead atoms. The van der Waals surface area contributed by atoms with Crippen LogP contribution in [-0.2, 0) is 6.54 Å². The summed E-state index contributed by atoms with van der Waals surface area (Å²) in [5.41, 5.74) is 2.91. The molecule has 0 saturated carbocycles. The second-order valence-corrected chi connectivity index (χ2v) is 8.36. The molecule has 0 spiro atoms. The molecule has 1 heterocycles. The van der Waals surface area contributed by atoms with Gasteiger partial charge in [-0.25, -0.2) is 0 Å². The van der Waals surface area contributed by atoms with Crippen LogP contribution in [0.2, 0.25) is 0 Å². The van der Waals surface area contributed by atoms with Gasteiger partial charge in [0.2, 0.25) is 0 Å². The normalized spacial score (nSPS) is 17.3. The molecule has 1 aromatic rings. The van der Waals surface area contributed by atoms with Crippen molar-refractivity contribution in [3.63, 3.8) is 0 Å². The maximum absolute atomic E-state index is 4.37. The summed E-state index contributed by atoms with van der Waals surface area (Å²) in [7, 11) is 1.85. The smallest absolute Gasteiger partial charge is 0.191 e. The number of benzene rings is 1. The highest BCUT2D eigenvalue weighted by atomic mass is 15.2. The van der Waals surface area contributed by atoms with Gasteiger partial charge < -0.3 is 16.0 Å². The zero-order valence-electron chi connectivity index (χ0n) is 17.2. The highest BCUT2D eigenvalue weighted by Crippen LogP contribution is 2.14. The van der Waals surface area contributed by atoms with E-state index >= 15 is 0 Å². The molecule has 26 heavy (non-hydrogen) atoms. The highest BCUT2D eigenvalue weighted by Gasteiger charge is 2.20. The Morgan fingerprint density at radius 3 is 2.54 bits per heavy atom. The maximum Gasteiger partial charge on any atom is 0.191 e. The van der Waals surface area contributed by atoms with Crippen molar-refractivity contribution in [2.75, 3.05) is 33.2 Å². The Bertz CT molecular complexity index is 568. The lowest BCUT2D eigenvalue weighted by Gasteiger charge is -2.33. The lowest BCUT2D eigenvalue weighted by molar-refractivity contribution is 0.198. The van der Waals surface area contributed by atoms with Gasteiger partial charge in [0.15, 0.2) is 5.96 Å². The molecule has 0 atom stereocenters. The van der Waals surface area contributed by atoms with E-state index in [0.717, 1.165) is 51.5 Å². The molecule has 0 aliphatic carbocycles. The molecule has 1 aromatic carbocycles. The number of hydrogen-bond acceptors (Lipinski definition) is 3. The predicted octanol–water partition coefficient (Wildman–Crippen LogP) is 2.51. The summed E-state index contributed by atoms with van der Waals surface area (Å²) < 4.78 is 0. The first-order chi connectivity index (χ1) is 12.4. The third-order valence-electron chi connectivity index (χ3n) is 4.71. The largest absolute Gasteiger partial charge is 0.355 e. The number of piperidine rings is 1. The SMILES string of the molecule is CN=C(NCCNC(C)(C)C)NC1CCN(Cc2cccc(C)c2)CC1. The fourth-order valence-electron chi connectivity index (χ4n) is 3.31. The molecule has 1 aliphatic heterocycles. The Morgan fingerprint density at radius 1 is 1.19 bits per heavy atom. The maximum atomic E-state index is 4.37. The quantitative estimate of drug-likeness (QED) is 0.415. The Labute approximate surface area is 159 Å². The lowest BCUT2D eigenvalue weighted by atomic mass is 10.0. The predicted molar refractivity (Wildman–Crippen MR) is 112 cm³/mol. The number of rotatable bonds is 6. The zero-order valence-corrected chi connectivity index (χ0v) is 17.2. The Kier molecular flexibility index (Phi) is 7.91. The van der Waals surface area contributed by atoms with Gasteiger partial charge in [-0.3, -0.25) is 9.89 Å². The standard InChI is InChI=1S/C21H37N5/c1-17-7-6-8-18(15-17)16-26-13-9-19(10-14-26)25-20(22-5)23-11-12-24-21(2,3)4/h6-8,15,19,24H,9-14,16H2,1-5H3,(H2,22,23,25). The first-order valence-corrected chi connectivity index (χ1v) is 9.86. The molecule has 146 valence electrons. The van der Waals surface area contributed by atoms with Crippen LogP contribution in [0.5, 0.6) is 0 Å². The Hall–Kier alpha value is -1.59. The van der Waals surface area contributed by atoms with Gasteiger partial charge in [-0.1, -0.05) is 29.8 Å². The van der Waals surface area contributed by atoms with Crippen LogP contribution >= 0.6 is 0 Å². The fourth-order valence-corrected chi connectivity index (χ4v) is 3.31. The molecule has 1 fully saturated rings. The van der Waals surface area contributed by atoms with E-state index in [1.807, 2.05) is 7.05 Å². The van der Waals surface area contributed by atoms with Crippen LogP contribution in [0.3, 0.4) is 0 Å². The van der Waals surface area contributed by atoms with E-state index in [-0.39, 0.29) is 5.54 Å². The van der Waals surface area contributed by atoms with Crippen molar-refractivity contribution in [2.24, 2.45) is 4.99 Å². The van der Waals surface area contributed by atoms with E-state index < -0.39 is 0 Å². The number of hydrogen-bond donors (Lipinski definition) is 3. The van der Waals surface area contributed by atoms with E-state index in [4.69, 9.17) is 0 Å². The number of aliphatic imine (C=N–C) groups is 1. The number of nitrogens with one attached hydrogen (secondary N) is 3. The number of nitrogens with zero attached hydrogens (tertiary/aromatic N) is 2. The van der Waals surface area contributed by atoms with E-state index in [9.17, 15) is 0 Å². The van der Waals surface area contributed by atoms with Crippen LogP contribution < -0.4 is 16.0 Å². The lowest BCUT2D eigenvalue weighted by Crippen LogP contribution is -2.50. The minimum Gasteiger partial charge on any atom is -0.355 e. The molecular formula is C21H37N5. The van der Waals surface area contributed by atoms with Gasteiger partial charge in [0, 0.05) is 51.4 Å². The third-order valence-corrected chi connectivity index (χ3v) is 4.71. The molecule has 5 heteroatoms. The first-order valence-electron chi connectivity index (χ1n) is 9.86. The van der Waals surface area contributed by atoms with Crippen molar-refractivity contribution in [3.8, 4) is 0 Å². The Balaban J connectivity index is 1.68. The van der Waals surface area contributed by atoms with Crippen LogP contribution in [0, 0.1) is 6.92 Å². The summed E-state index contributed by atoms with van der Waals surface area (Å²) >= 11 is 0. The Morgan fingerprint density at radius 2 is 1.92 bits per heavy atom. The van der Waals surface area contributed by atoms with E-state index in [0.29, 0.717) is 6.04 Å². The summed E-state index contributed by atoms with van der Waals surface area (Å²) in [6, 6.07) is 9.35. The molecule has 2 rings (SSSR count). The van der Waals surface area contributed by atoms with E-state index in [1.165, 1.54) is 11.1 Å². The second-order valence-electron chi connectivity index (χ2n) is 8.36. The molecule has 5 nitrogen and oxygen atoms in total. The minimum atomic E-state index is 0.156. The van der Waals surface area contributed by atoms with Crippen LogP contribution in [0.1, 0.15) is 44.7 Å². The van der Waals surface area contributed by atoms with Gasteiger partial charge in [0.1, 0.15) is 0 Å². The van der Waals surface area contributed by atoms with Crippen LogP contribution in [0.15, 0.2) is 29.3 Å². The fraction of sp³-hybridized carbons (Fsp3) is 0.667. The van der Waals surface area contributed by atoms with Crippen molar-refractivity contribution in [3.05, 3.63) is 35.4 Å². The summed E-state index contributed by atoms with van der Waals surface area (Å²) in [5.74, 6) is 0.915. The van der Waals surface area contributed by atoms with Gasteiger partial charge in [0.05, 0.1) is 0 Å². The van der Waals surface area contributed by atoms with Crippen molar-refractivity contribution < 1.29 is 0 Å². The van der Waals surface area contributed by atoms with Gasteiger partial charge in [-0.15, -0.1) is 0 Å². The average molecular weight is 360 g/mol. The number of likely N-dealkylation sites (tertiary alicyclic amines) is 1. The van der Waals surface area contributed by atoms with Gasteiger partial charge >= 0.3 is 0 Å². The highest BCUT2D eigenvalue weighted by molar-refractivity contribution is 5.79. The summed E-state index contributed by atoms with van der Waals surface area (Å²) in [6.07, 6.45) is 2.32. The van der Waals surface area contributed by atoms with Crippen molar-refractivity contribution in [1.82, 2.24) is 20.9 Å². The molecule has 0 unspecified atom stereocenters. The molecule has 0 aromatic heterocycles.